The van der Waals surface area contributed by atoms with E-state index in [2.05, 4.69) is 15.3 Å². The fraction of sp³-hybridized carbons (Fsp3) is 0.545. The standard InChI is InChI=1S/C11H16N4O2S/c1-3-17-11(16)10(13-6-7-14-15-12)9-5-4-8(2)18-9/h4-5,10,13H,3,6-7H2,1-2H3. The highest BCUT2D eigenvalue weighted by atomic mass is 32.1. The summed E-state index contributed by atoms with van der Waals surface area (Å²) in [7, 11) is 0. The Morgan fingerprint density at radius 3 is 3.00 bits per heavy atom. The van der Waals surface area contributed by atoms with Crippen molar-refractivity contribution < 1.29 is 9.53 Å². The molecule has 0 spiro atoms. The maximum Gasteiger partial charge on any atom is 0.328 e. The summed E-state index contributed by atoms with van der Waals surface area (Å²) in [5.41, 5.74) is 8.19. The molecule has 1 N–H and O–H groups in total. The molecule has 0 aliphatic carbocycles. The molecule has 18 heavy (non-hydrogen) atoms. The zero-order valence-electron chi connectivity index (χ0n) is 10.4. The van der Waals surface area contributed by atoms with Crippen LogP contribution in [0.4, 0.5) is 0 Å². The number of rotatable bonds is 7. The molecule has 1 unspecified atom stereocenters. The summed E-state index contributed by atoms with van der Waals surface area (Å²) in [4.78, 5) is 16.5. The van der Waals surface area contributed by atoms with Crippen LogP contribution in [0.25, 0.3) is 10.4 Å². The summed E-state index contributed by atoms with van der Waals surface area (Å²) >= 11 is 1.55. The fourth-order valence-corrected chi connectivity index (χ4v) is 2.38. The van der Waals surface area contributed by atoms with Crippen molar-refractivity contribution >= 4 is 17.3 Å². The van der Waals surface area contributed by atoms with Gasteiger partial charge in [-0.05, 0) is 31.5 Å². The van der Waals surface area contributed by atoms with Gasteiger partial charge in [0.2, 0.25) is 0 Å². The van der Waals surface area contributed by atoms with Crippen LogP contribution >= 0.6 is 11.3 Å². The molecule has 0 aliphatic heterocycles. The number of esters is 1. The van der Waals surface area contributed by atoms with Gasteiger partial charge in [0.1, 0.15) is 6.04 Å². The largest absolute Gasteiger partial charge is 0.465 e. The Kier molecular flexibility index (Phi) is 6.21. The molecule has 0 bridgehead atoms. The summed E-state index contributed by atoms with van der Waals surface area (Å²) in [5.74, 6) is -0.305. The number of nitrogens with one attached hydrogen (secondary N) is 1. The molecule has 7 heteroatoms. The van der Waals surface area contributed by atoms with Gasteiger partial charge >= 0.3 is 5.97 Å². The van der Waals surface area contributed by atoms with Crippen molar-refractivity contribution in [2.75, 3.05) is 19.7 Å². The van der Waals surface area contributed by atoms with Gasteiger partial charge in [0.05, 0.1) is 6.61 Å². The van der Waals surface area contributed by atoms with Crippen molar-refractivity contribution in [2.24, 2.45) is 5.11 Å². The predicted molar refractivity (Wildman–Crippen MR) is 70.4 cm³/mol. The Bertz CT molecular complexity index is 440. The molecular weight excluding hydrogens is 252 g/mol. The van der Waals surface area contributed by atoms with Gasteiger partial charge < -0.3 is 4.74 Å². The third kappa shape index (κ3) is 4.37. The first-order valence-corrected chi connectivity index (χ1v) is 6.48. The molecule has 0 amide bonds. The van der Waals surface area contributed by atoms with Crippen molar-refractivity contribution in [1.29, 1.82) is 0 Å². The van der Waals surface area contributed by atoms with Crippen molar-refractivity contribution in [3.05, 3.63) is 32.3 Å². The first kappa shape index (κ1) is 14.5. The van der Waals surface area contributed by atoms with Gasteiger partial charge in [-0.15, -0.1) is 11.3 Å². The first-order chi connectivity index (χ1) is 8.69. The molecule has 98 valence electrons. The normalized spacial score (nSPS) is 11.7. The summed E-state index contributed by atoms with van der Waals surface area (Å²) < 4.78 is 5.03. The van der Waals surface area contributed by atoms with E-state index in [1.165, 1.54) is 0 Å². The monoisotopic (exact) mass is 268 g/mol. The van der Waals surface area contributed by atoms with Crippen LogP contribution in [0.5, 0.6) is 0 Å². The molecule has 0 fully saturated rings. The van der Waals surface area contributed by atoms with E-state index in [0.29, 0.717) is 19.7 Å². The van der Waals surface area contributed by atoms with Crippen LogP contribution in [-0.2, 0) is 9.53 Å². The molecule has 1 atom stereocenters. The van der Waals surface area contributed by atoms with E-state index in [-0.39, 0.29) is 5.97 Å². The Balaban J connectivity index is 2.68. The second-order valence-corrected chi connectivity index (χ2v) is 4.86. The average Bonchev–Trinajstić information content (AvgIpc) is 2.76. The first-order valence-electron chi connectivity index (χ1n) is 5.66. The Morgan fingerprint density at radius 1 is 1.67 bits per heavy atom. The Morgan fingerprint density at radius 2 is 2.44 bits per heavy atom. The highest BCUT2D eigenvalue weighted by Crippen LogP contribution is 2.23. The lowest BCUT2D eigenvalue weighted by Crippen LogP contribution is -2.31. The third-order valence-electron chi connectivity index (χ3n) is 2.19. The maximum atomic E-state index is 11.8. The lowest BCUT2D eigenvalue weighted by molar-refractivity contribution is -0.145. The van der Waals surface area contributed by atoms with E-state index in [0.717, 1.165) is 9.75 Å². The van der Waals surface area contributed by atoms with E-state index in [9.17, 15) is 4.79 Å². The number of carbonyl (C=O) groups excluding carboxylic acids is 1. The van der Waals surface area contributed by atoms with E-state index in [4.69, 9.17) is 10.3 Å². The second-order valence-electron chi connectivity index (χ2n) is 3.54. The van der Waals surface area contributed by atoms with Crippen LogP contribution in [0.2, 0.25) is 0 Å². The number of thiophene rings is 1. The van der Waals surface area contributed by atoms with Gasteiger partial charge in [0, 0.05) is 27.8 Å². The van der Waals surface area contributed by atoms with Crippen LogP contribution in [0, 0.1) is 6.92 Å². The summed E-state index contributed by atoms with van der Waals surface area (Å²) in [5, 5.41) is 6.46. The molecule has 0 aromatic carbocycles. The molecule has 6 nitrogen and oxygen atoms in total. The second kappa shape index (κ2) is 7.71. The van der Waals surface area contributed by atoms with E-state index < -0.39 is 6.04 Å². The Labute approximate surface area is 110 Å². The summed E-state index contributed by atoms with van der Waals surface area (Å²) in [6, 6.07) is 3.38. The lowest BCUT2D eigenvalue weighted by atomic mass is 10.2. The predicted octanol–water partition coefficient (Wildman–Crippen LogP) is 2.56. The molecule has 1 aromatic heterocycles. The van der Waals surface area contributed by atoms with Crippen molar-refractivity contribution in [2.45, 2.75) is 19.9 Å². The minimum atomic E-state index is -0.488. The maximum absolute atomic E-state index is 11.8. The molecular formula is C11H16N4O2S. The van der Waals surface area contributed by atoms with Crippen molar-refractivity contribution in [3.63, 3.8) is 0 Å². The quantitative estimate of drug-likeness (QED) is 0.271. The summed E-state index contributed by atoms with van der Waals surface area (Å²) in [6.07, 6.45) is 0. The molecule has 0 aliphatic rings. The number of carbonyl (C=O) groups is 1. The number of hydrogen-bond donors (Lipinski definition) is 1. The van der Waals surface area contributed by atoms with Crippen molar-refractivity contribution in [3.8, 4) is 0 Å². The van der Waals surface area contributed by atoms with E-state index in [1.807, 2.05) is 19.1 Å². The Hall–Kier alpha value is -1.56. The smallest absolute Gasteiger partial charge is 0.328 e. The lowest BCUT2D eigenvalue weighted by Gasteiger charge is -2.15. The highest BCUT2D eigenvalue weighted by Gasteiger charge is 2.22. The topological polar surface area (TPSA) is 87.1 Å². The van der Waals surface area contributed by atoms with Gasteiger partial charge in [-0.3, -0.25) is 5.32 Å². The van der Waals surface area contributed by atoms with Gasteiger partial charge in [-0.1, -0.05) is 5.11 Å². The van der Waals surface area contributed by atoms with Crippen LogP contribution in [0.1, 0.15) is 22.7 Å². The van der Waals surface area contributed by atoms with Gasteiger partial charge in [0.25, 0.3) is 0 Å². The summed E-state index contributed by atoms with van der Waals surface area (Å²) in [6.45, 7) is 4.84. The van der Waals surface area contributed by atoms with Crippen molar-refractivity contribution in [1.82, 2.24) is 5.32 Å². The molecule has 1 aromatic rings. The number of aryl methyl sites for hydroxylation is 1. The van der Waals surface area contributed by atoms with Gasteiger partial charge in [-0.2, -0.15) is 0 Å². The number of ether oxygens (including phenoxy) is 1. The van der Waals surface area contributed by atoms with Gasteiger partial charge in [0.15, 0.2) is 0 Å². The zero-order chi connectivity index (χ0) is 13.4. The van der Waals surface area contributed by atoms with Crippen LogP contribution in [0.15, 0.2) is 17.2 Å². The third-order valence-corrected chi connectivity index (χ3v) is 3.26. The minimum absolute atomic E-state index is 0.302. The molecule has 1 heterocycles. The van der Waals surface area contributed by atoms with Gasteiger partial charge in [-0.25, -0.2) is 4.79 Å². The molecule has 1 rings (SSSR count). The molecule has 0 radical (unpaired) electrons. The SMILES string of the molecule is CCOC(=O)C(NCCN=[N+]=[N-])c1ccc(C)s1. The molecule has 0 saturated heterocycles. The van der Waals surface area contributed by atoms with Crippen LogP contribution in [-0.4, -0.2) is 25.7 Å². The zero-order valence-corrected chi connectivity index (χ0v) is 11.2. The van der Waals surface area contributed by atoms with Crippen LogP contribution < -0.4 is 5.32 Å². The number of hydrogen-bond acceptors (Lipinski definition) is 5. The van der Waals surface area contributed by atoms with E-state index >= 15 is 0 Å². The number of azide groups is 1. The molecule has 0 saturated carbocycles. The minimum Gasteiger partial charge on any atom is -0.465 e. The number of nitrogens with zero attached hydrogens (tertiary/aromatic N) is 3. The van der Waals surface area contributed by atoms with Crippen LogP contribution in [0.3, 0.4) is 0 Å². The average molecular weight is 268 g/mol. The van der Waals surface area contributed by atoms with E-state index in [1.54, 1.807) is 18.3 Å². The fourth-order valence-electron chi connectivity index (χ4n) is 1.44. The highest BCUT2D eigenvalue weighted by molar-refractivity contribution is 7.12.